The van der Waals surface area contributed by atoms with Gasteiger partial charge in [-0.15, -0.1) is 0 Å². The van der Waals surface area contributed by atoms with E-state index >= 15 is 0 Å². The summed E-state index contributed by atoms with van der Waals surface area (Å²) in [7, 11) is 0. The van der Waals surface area contributed by atoms with Crippen LogP contribution < -0.4 is 11.1 Å². The first-order valence-electron chi connectivity index (χ1n) is 6.17. The van der Waals surface area contributed by atoms with Crippen LogP contribution in [-0.4, -0.2) is 15.9 Å². The van der Waals surface area contributed by atoms with Gasteiger partial charge in [0.05, 0.1) is 17.6 Å². The van der Waals surface area contributed by atoms with Gasteiger partial charge in [0.15, 0.2) is 5.69 Å². The van der Waals surface area contributed by atoms with Gasteiger partial charge in [0.2, 0.25) is 0 Å². The monoisotopic (exact) mass is 382 g/mol. The van der Waals surface area contributed by atoms with Gasteiger partial charge in [-0.2, -0.15) is 0 Å². The molecule has 0 bridgehead atoms. The number of carbonyl (C=O) groups is 1. The number of para-hydroxylation sites is 1. The average Bonchev–Trinajstić information content (AvgIpc) is 2.41. The molecule has 1 aromatic heterocycles. The van der Waals surface area contributed by atoms with Crippen molar-refractivity contribution in [1.29, 1.82) is 0 Å². The van der Waals surface area contributed by atoms with Gasteiger partial charge in [-0.3, -0.25) is 4.79 Å². The molecule has 0 fully saturated rings. The number of benzene rings is 1. The van der Waals surface area contributed by atoms with Crippen molar-refractivity contribution in [3.8, 4) is 0 Å². The molecule has 104 valence electrons. The lowest BCUT2D eigenvalue weighted by atomic mass is 10.2. The third-order valence-electron chi connectivity index (χ3n) is 2.69. The summed E-state index contributed by atoms with van der Waals surface area (Å²) in [6.45, 7) is 3.93. The first-order chi connectivity index (χ1) is 9.49. The van der Waals surface area contributed by atoms with Crippen molar-refractivity contribution in [3.63, 3.8) is 0 Å². The molecular formula is C14H15IN4O. The normalized spacial score (nSPS) is 10.6. The number of halogens is 1. The van der Waals surface area contributed by atoms with Crippen molar-refractivity contribution in [3.05, 3.63) is 45.6 Å². The summed E-state index contributed by atoms with van der Waals surface area (Å²) >= 11 is 2.16. The van der Waals surface area contributed by atoms with Crippen LogP contribution in [0.25, 0.3) is 0 Å². The predicted molar refractivity (Wildman–Crippen MR) is 87.6 cm³/mol. The van der Waals surface area contributed by atoms with Crippen LogP contribution in [0.5, 0.6) is 0 Å². The van der Waals surface area contributed by atoms with Crippen molar-refractivity contribution in [1.82, 2.24) is 9.97 Å². The van der Waals surface area contributed by atoms with Gasteiger partial charge in [0.25, 0.3) is 5.91 Å². The zero-order valence-electron chi connectivity index (χ0n) is 11.2. The molecule has 3 N–H and O–H groups in total. The lowest BCUT2D eigenvalue weighted by Crippen LogP contribution is -2.18. The molecule has 1 amide bonds. The molecule has 2 rings (SSSR count). The number of nitrogens with two attached hydrogens (primary N) is 1. The molecular weight excluding hydrogens is 367 g/mol. The Hall–Kier alpha value is -1.70. The van der Waals surface area contributed by atoms with Gasteiger partial charge in [0, 0.05) is 9.49 Å². The summed E-state index contributed by atoms with van der Waals surface area (Å²) in [6.07, 6.45) is 1.48. The zero-order valence-corrected chi connectivity index (χ0v) is 13.4. The maximum Gasteiger partial charge on any atom is 0.276 e. The molecule has 2 aromatic rings. The second kappa shape index (κ2) is 6.17. The van der Waals surface area contributed by atoms with E-state index in [4.69, 9.17) is 5.73 Å². The van der Waals surface area contributed by atoms with Crippen LogP contribution in [0.4, 0.5) is 11.4 Å². The number of aromatic nitrogens is 2. The second-order valence-electron chi connectivity index (χ2n) is 4.62. The first-order valence-corrected chi connectivity index (χ1v) is 7.25. The molecule has 0 saturated carbocycles. The molecule has 0 saturated heterocycles. The summed E-state index contributed by atoms with van der Waals surface area (Å²) in [5, 5.41) is 2.82. The maximum absolute atomic E-state index is 12.3. The average molecular weight is 382 g/mol. The highest BCUT2D eigenvalue weighted by Crippen LogP contribution is 2.19. The fraction of sp³-hybridized carbons (Fsp3) is 0.214. The third kappa shape index (κ3) is 3.24. The van der Waals surface area contributed by atoms with E-state index in [1.54, 1.807) is 0 Å². The predicted octanol–water partition coefficient (Wildman–Crippen LogP) is 3.04. The van der Waals surface area contributed by atoms with Crippen molar-refractivity contribution < 1.29 is 4.79 Å². The van der Waals surface area contributed by atoms with Crippen LogP contribution in [0.3, 0.4) is 0 Å². The topological polar surface area (TPSA) is 80.9 Å². The maximum atomic E-state index is 12.3. The van der Waals surface area contributed by atoms with E-state index in [2.05, 4.69) is 37.9 Å². The minimum Gasteiger partial charge on any atom is -0.396 e. The molecule has 0 spiro atoms. The van der Waals surface area contributed by atoms with E-state index in [9.17, 15) is 4.79 Å². The second-order valence-corrected chi connectivity index (χ2v) is 5.78. The van der Waals surface area contributed by atoms with E-state index in [1.807, 2.05) is 38.1 Å². The zero-order chi connectivity index (χ0) is 14.7. The molecule has 6 heteroatoms. The number of amides is 1. The summed E-state index contributed by atoms with van der Waals surface area (Å²) in [5.41, 5.74) is 7.02. The molecule has 0 aliphatic heterocycles. The lowest BCUT2D eigenvalue weighted by molar-refractivity contribution is 0.102. The summed E-state index contributed by atoms with van der Waals surface area (Å²) in [5.74, 6) is 0.419. The Labute approximate surface area is 131 Å². The Bertz CT molecular complexity index is 643. The number of hydrogen-bond acceptors (Lipinski definition) is 4. The minimum atomic E-state index is -0.323. The van der Waals surface area contributed by atoms with E-state index in [1.165, 1.54) is 6.20 Å². The van der Waals surface area contributed by atoms with E-state index < -0.39 is 0 Å². The molecule has 1 heterocycles. The Morgan fingerprint density at radius 3 is 2.70 bits per heavy atom. The molecule has 0 aliphatic carbocycles. The van der Waals surface area contributed by atoms with Gasteiger partial charge < -0.3 is 11.1 Å². The van der Waals surface area contributed by atoms with Gasteiger partial charge in [-0.05, 0) is 34.7 Å². The number of carbonyl (C=O) groups excluding carboxylic acids is 1. The highest BCUT2D eigenvalue weighted by atomic mass is 127. The Kier molecular flexibility index (Phi) is 4.53. The van der Waals surface area contributed by atoms with Gasteiger partial charge >= 0.3 is 0 Å². The number of nitrogens with one attached hydrogen (secondary N) is 1. The lowest BCUT2D eigenvalue weighted by Gasteiger charge is -2.10. The summed E-state index contributed by atoms with van der Waals surface area (Å²) < 4.78 is 0.954. The minimum absolute atomic E-state index is 0.138. The quantitative estimate of drug-likeness (QED) is 0.800. The fourth-order valence-electron chi connectivity index (χ4n) is 1.61. The molecule has 5 nitrogen and oxygen atoms in total. The van der Waals surface area contributed by atoms with Crippen LogP contribution in [0.2, 0.25) is 0 Å². The van der Waals surface area contributed by atoms with Gasteiger partial charge in [0.1, 0.15) is 5.82 Å². The standard InChI is InChI=1S/C14H15IN4O/c1-8(2)13-17-7-10(16)12(19-13)14(20)18-11-6-4-3-5-9(11)15/h3-8H,16H2,1-2H3,(H,18,20). The largest absolute Gasteiger partial charge is 0.396 e. The number of rotatable bonds is 3. The Morgan fingerprint density at radius 2 is 2.05 bits per heavy atom. The molecule has 0 atom stereocenters. The van der Waals surface area contributed by atoms with E-state index in [0.29, 0.717) is 5.82 Å². The molecule has 0 radical (unpaired) electrons. The van der Waals surface area contributed by atoms with E-state index in [0.717, 1.165) is 9.26 Å². The Balaban J connectivity index is 2.30. The Morgan fingerprint density at radius 1 is 1.35 bits per heavy atom. The highest BCUT2D eigenvalue weighted by Gasteiger charge is 2.15. The van der Waals surface area contributed by atoms with Crippen molar-refractivity contribution in [2.24, 2.45) is 0 Å². The molecule has 1 aromatic carbocycles. The van der Waals surface area contributed by atoms with Crippen LogP contribution in [0, 0.1) is 3.57 Å². The molecule has 20 heavy (non-hydrogen) atoms. The van der Waals surface area contributed by atoms with Gasteiger partial charge in [-0.1, -0.05) is 26.0 Å². The van der Waals surface area contributed by atoms with Crippen molar-refractivity contribution in [2.45, 2.75) is 19.8 Å². The molecule has 0 unspecified atom stereocenters. The van der Waals surface area contributed by atoms with E-state index in [-0.39, 0.29) is 23.2 Å². The van der Waals surface area contributed by atoms with Gasteiger partial charge in [-0.25, -0.2) is 9.97 Å². The van der Waals surface area contributed by atoms with Crippen LogP contribution in [0.15, 0.2) is 30.5 Å². The number of nitrogens with zero attached hydrogens (tertiary/aromatic N) is 2. The third-order valence-corrected chi connectivity index (χ3v) is 3.63. The highest BCUT2D eigenvalue weighted by molar-refractivity contribution is 14.1. The number of hydrogen-bond donors (Lipinski definition) is 2. The van der Waals surface area contributed by atoms with Crippen LogP contribution >= 0.6 is 22.6 Å². The van der Waals surface area contributed by atoms with Crippen LogP contribution in [-0.2, 0) is 0 Å². The number of nitrogen functional groups attached to an aromatic ring is 1. The SMILES string of the molecule is CC(C)c1ncc(N)c(C(=O)Nc2ccccc2I)n1. The summed E-state index contributed by atoms with van der Waals surface area (Å²) in [4.78, 5) is 20.7. The fourth-order valence-corrected chi connectivity index (χ4v) is 2.13. The van der Waals surface area contributed by atoms with Crippen LogP contribution in [0.1, 0.15) is 36.1 Å². The summed E-state index contributed by atoms with van der Waals surface area (Å²) in [6, 6.07) is 7.52. The number of anilines is 2. The first kappa shape index (κ1) is 14.7. The van der Waals surface area contributed by atoms with Crippen molar-refractivity contribution in [2.75, 3.05) is 11.1 Å². The smallest absolute Gasteiger partial charge is 0.276 e. The van der Waals surface area contributed by atoms with Crippen molar-refractivity contribution >= 4 is 39.9 Å². The molecule has 0 aliphatic rings.